The molecule has 3 rings (SSSR count). The molecule has 1 aromatic carbocycles. The van der Waals surface area contributed by atoms with Gasteiger partial charge in [-0.2, -0.15) is 0 Å². The van der Waals surface area contributed by atoms with Crippen LogP contribution in [0.5, 0.6) is 0 Å². The molecule has 0 aliphatic heterocycles. The predicted molar refractivity (Wildman–Crippen MR) is 88.5 cm³/mol. The van der Waals surface area contributed by atoms with E-state index in [1.165, 1.54) is 6.42 Å². The first-order valence-electron chi connectivity index (χ1n) is 7.72. The summed E-state index contributed by atoms with van der Waals surface area (Å²) in [5.41, 5.74) is 1.40. The Morgan fingerprint density at radius 3 is 2.91 bits per heavy atom. The van der Waals surface area contributed by atoms with Crippen LogP contribution in [-0.2, 0) is 11.4 Å². The topological polar surface area (TPSA) is 56.5 Å². The normalized spacial score (nSPS) is 19.7. The van der Waals surface area contributed by atoms with Crippen molar-refractivity contribution in [2.45, 2.75) is 32.2 Å². The molecule has 0 saturated heterocycles. The van der Waals surface area contributed by atoms with Gasteiger partial charge >= 0.3 is 5.97 Å². The molecule has 120 valence electrons. The van der Waals surface area contributed by atoms with E-state index in [0.717, 1.165) is 31.5 Å². The SMILES string of the molecule is O=C(O/N=C1/CCCC[C@H]1Cn1ccnc1)c1ccc(Cl)cc1. The molecule has 5 nitrogen and oxygen atoms in total. The Hall–Kier alpha value is -2.14. The molecule has 1 atom stereocenters. The molecule has 0 N–H and O–H groups in total. The van der Waals surface area contributed by atoms with E-state index in [1.807, 2.05) is 10.8 Å². The fourth-order valence-electron chi connectivity index (χ4n) is 2.77. The lowest BCUT2D eigenvalue weighted by atomic mass is 9.87. The van der Waals surface area contributed by atoms with Crippen molar-refractivity contribution >= 4 is 23.3 Å². The van der Waals surface area contributed by atoms with Gasteiger partial charge in [0, 0.05) is 29.9 Å². The van der Waals surface area contributed by atoms with Crippen LogP contribution in [0.3, 0.4) is 0 Å². The van der Waals surface area contributed by atoms with Gasteiger partial charge in [-0.25, -0.2) is 9.78 Å². The average Bonchev–Trinajstić information content (AvgIpc) is 3.07. The number of benzene rings is 1. The summed E-state index contributed by atoms with van der Waals surface area (Å²) < 4.78 is 2.03. The lowest BCUT2D eigenvalue weighted by Crippen LogP contribution is -2.24. The van der Waals surface area contributed by atoms with E-state index in [1.54, 1.807) is 36.8 Å². The van der Waals surface area contributed by atoms with Gasteiger partial charge in [0.1, 0.15) is 0 Å². The quantitative estimate of drug-likeness (QED) is 0.630. The summed E-state index contributed by atoms with van der Waals surface area (Å²) in [6.45, 7) is 0.817. The number of hydrogen-bond donors (Lipinski definition) is 0. The van der Waals surface area contributed by atoms with Gasteiger partial charge < -0.3 is 9.40 Å². The molecule has 1 heterocycles. The monoisotopic (exact) mass is 331 g/mol. The second-order valence-electron chi connectivity index (χ2n) is 5.67. The first-order chi connectivity index (χ1) is 11.2. The van der Waals surface area contributed by atoms with Crippen molar-refractivity contribution in [2.75, 3.05) is 0 Å². The highest BCUT2D eigenvalue weighted by Crippen LogP contribution is 2.24. The van der Waals surface area contributed by atoms with Crippen LogP contribution in [0.4, 0.5) is 0 Å². The molecule has 0 amide bonds. The second-order valence-corrected chi connectivity index (χ2v) is 6.11. The molecule has 1 saturated carbocycles. The van der Waals surface area contributed by atoms with Crippen molar-refractivity contribution < 1.29 is 9.63 Å². The van der Waals surface area contributed by atoms with Gasteiger partial charge in [-0.15, -0.1) is 0 Å². The van der Waals surface area contributed by atoms with Crippen LogP contribution in [0, 0.1) is 5.92 Å². The number of aromatic nitrogens is 2. The van der Waals surface area contributed by atoms with E-state index >= 15 is 0 Å². The zero-order valence-corrected chi connectivity index (χ0v) is 13.4. The number of imidazole rings is 1. The van der Waals surface area contributed by atoms with Crippen LogP contribution in [0.25, 0.3) is 0 Å². The summed E-state index contributed by atoms with van der Waals surface area (Å²) in [5.74, 6) is -0.169. The van der Waals surface area contributed by atoms with Gasteiger partial charge in [0.15, 0.2) is 0 Å². The minimum absolute atomic E-state index is 0.288. The van der Waals surface area contributed by atoms with Crippen LogP contribution >= 0.6 is 11.6 Å². The highest BCUT2D eigenvalue weighted by atomic mass is 35.5. The van der Waals surface area contributed by atoms with Crippen molar-refractivity contribution in [3.8, 4) is 0 Å². The summed E-state index contributed by atoms with van der Waals surface area (Å²) in [5, 5.41) is 4.73. The summed E-state index contributed by atoms with van der Waals surface area (Å²) >= 11 is 5.81. The standard InChI is InChI=1S/C17H18ClN3O2/c18-15-7-5-13(6-8-15)17(22)23-20-16-4-2-1-3-14(16)11-21-10-9-19-12-21/h5-10,12,14H,1-4,11H2/b20-16-/t14-/m0/s1. The Morgan fingerprint density at radius 1 is 1.35 bits per heavy atom. The average molecular weight is 332 g/mol. The Morgan fingerprint density at radius 2 is 2.17 bits per heavy atom. The molecule has 23 heavy (non-hydrogen) atoms. The third-order valence-corrected chi connectivity index (χ3v) is 4.27. The minimum Gasteiger partial charge on any atom is -0.337 e. The summed E-state index contributed by atoms with van der Waals surface area (Å²) in [6.07, 6.45) is 9.67. The van der Waals surface area contributed by atoms with Gasteiger partial charge in [-0.1, -0.05) is 23.2 Å². The first kappa shape index (κ1) is 15.7. The molecule has 1 aliphatic carbocycles. The smallest absolute Gasteiger partial charge is 0.337 e. The molecular weight excluding hydrogens is 314 g/mol. The number of carbonyl (C=O) groups excluding carboxylic acids is 1. The molecule has 0 bridgehead atoms. The van der Waals surface area contributed by atoms with E-state index < -0.39 is 5.97 Å². The van der Waals surface area contributed by atoms with Gasteiger partial charge in [-0.05, 0) is 43.5 Å². The predicted octanol–water partition coefficient (Wildman–Crippen LogP) is 3.94. The van der Waals surface area contributed by atoms with Crippen molar-refractivity contribution in [3.05, 3.63) is 53.6 Å². The molecule has 1 aromatic heterocycles. The number of halogens is 1. The molecule has 0 radical (unpaired) electrons. The van der Waals surface area contributed by atoms with Gasteiger partial charge in [0.05, 0.1) is 17.6 Å². The van der Waals surface area contributed by atoms with Gasteiger partial charge in [0.2, 0.25) is 0 Å². The highest BCUT2D eigenvalue weighted by molar-refractivity contribution is 6.30. The van der Waals surface area contributed by atoms with Crippen LogP contribution in [0.15, 0.2) is 48.1 Å². The maximum Gasteiger partial charge on any atom is 0.365 e. The molecule has 0 unspecified atom stereocenters. The van der Waals surface area contributed by atoms with Crippen molar-refractivity contribution in [3.63, 3.8) is 0 Å². The number of rotatable bonds is 4. The van der Waals surface area contributed by atoms with E-state index in [2.05, 4.69) is 10.1 Å². The van der Waals surface area contributed by atoms with Crippen LogP contribution in [0.2, 0.25) is 5.02 Å². The summed E-state index contributed by atoms with van der Waals surface area (Å²) in [7, 11) is 0. The van der Waals surface area contributed by atoms with Crippen molar-refractivity contribution in [2.24, 2.45) is 11.1 Å². The second kappa shape index (κ2) is 7.42. The van der Waals surface area contributed by atoms with E-state index in [4.69, 9.17) is 16.4 Å². The van der Waals surface area contributed by atoms with E-state index in [9.17, 15) is 4.79 Å². The fourth-order valence-corrected chi connectivity index (χ4v) is 2.90. The van der Waals surface area contributed by atoms with Gasteiger partial charge in [-0.3, -0.25) is 0 Å². The molecule has 2 aromatic rings. The minimum atomic E-state index is -0.457. The third kappa shape index (κ3) is 4.20. The third-order valence-electron chi connectivity index (χ3n) is 4.02. The van der Waals surface area contributed by atoms with Crippen LogP contribution < -0.4 is 0 Å². The Bertz CT molecular complexity index is 680. The zero-order valence-electron chi connectivity index (χ0n) is 12.7. The van der Waals surface area contributed by atoms with E-state index in [-0.39, 0.29) is 5.92 Å². The van der Waals surface area contributed by atoms with Crippen molar-refractivity contribution in [1.82, 2.24) is 9.55 Å². The molecule has 1 fully saturated rings. The van der Waals surface area contributed by atoms with Crippen molar-refractivity contribution in [1.29, 1.82) is 0 Å². The molecule has 1 aliphatic rings. The Balaban J connectivity index is 1.66. The Labute approximate surface area is 139 Å². The van der Waals surface area contributed by atoms with Crippen LogP contribution in [-0.4, -0.2) is 21.2 Å². The van der Waals surface area contributed by atoms with Gasteiger partial charge in [0.25, 0.3) is 0 Å². The number of hydrogen-bond acceptors (Lipinski definition) is 4. The van der Waals surface area contributed by atoms with E-state index in [0.29, 0.717) is 10.6 Å². The largest absolute Gasteiger partial charge is 0.365 e. The number of carbonyl (C=O) groups is 1. The number of nitrogens with zero attached hydrogens (tertiary/aromatic N) is 3. The fraction of sp³-hybridized carbons (Fsp3) is 0.353. The first-order valence-corrected chi connectivity index (χ1v) is 8.09. The molecule has 0 spiro atoms. The summed E-state index contributed by atoms with van der Waals surface area (Å²) in [6, 6.07) is 6.59. The Kier molecular flexibility index (Phi) is 5.08. The summed E-state index contributed by atoms with van der Waals surface area (Å²) in [4.78, 5) is 21.2. The lowest BCUT2D eigenvalue weighted by molar-refractivity contribution is 0.0511. The molecular formula is C17H18ClN3O2. The maximum absolute atomic E-state index is 12.0. The highest BCUT2D eigenvalue weighted by Gasteiger charge is 2.22. The maximum atomic E-state index is 12.0. The lowest BCUT2D eigenvalue weighted by Gasteiger charge is -2.23. The van der Waals surface area contributed by atoms with Crippen LogP contribution in [0.1, 0.15) is 36.0 Å². The zero-order chi connectivity index (χ0) is 16.1. The number of oxime groups is 1. The molecule has 6 heteroatoms.